The zero-order valence-electron chi connectivity index (χ0n) is 12.0. The Morgan fingerprint density at radius 3 is 2.96 bits per heavy atom. The van der Waals surface area contributed by atoms with Gasteiger partial charge in [0.25, 0.3) is 0 Å². The van der Waals surface area contributed by atoms with E-state index in [0.717, 1.165) is 31.9 Å². The second-order valence-electron chi connectivity index (χ2n) is 4.86. The first-order valence-electron chi connectivity index (χ1n) is 6.82. The van der Waals surface area contributed by atoms with Crippen molar-refractivity contribution in [3.8, 4) is 10.6 Å². The summed E-state index contributed by atoms with van der Waals surface area (Å²) in [4.78, 5) is 5.93. The van der Waals surface area contributed by atoms with E-state index in [0.29, 0.717) is 11.0 Å². The van der Waals surface area contributed by atoms with Crippen LogP contribution < -0.4 is 5.32 Å². The Hall–Kier alpha value is -2.03. The molecule has 0 amide bonds. The Kier molecular flexibility index (Phi) is 3.72. The van der Waals surface area contributed by atoms with E-state index >= 15 is 0 Å². The quantitative estimate of drug-likeness (QED) is 0.596. The standard InChI is InChI=1S/C14H11ClN6S2/c1-8-18-19-14-21(8)20-12(23-14)9-3-2-4-10(5-9)16-6-11-7-17-13(15)22-11/h2-5,7,16H,6H2,1H3. The summed E-state index contributed by atoms with van der Waals surface area (Å²) in [7, 11) is 0. The molecule has 0 bridgehead atoms. The van der Waals surface area contributed by atoms with Gasteiger partial charge in [0.1, 0.15) is 5.01 Å². The second-order valence-corrected chi connectivity index (χ2v) is 7.52. The molecule has 0 atom stereocenters. The summed E-state index contributed by atoms with van der Waals surface area (Å²) in [5.74, 6) is 0.791. The van der Waals surface area contributed by atoms with Crippen LogP contribution in [0, 0.1) is 6.92 Å². The van der Waals surface area contributed by atoms with E-state index in [1.807, 2.05) is 25.1 Å². The molecule has 0 aliphatic rings. The summed E-state index contributed by atoms with van der Waals surface area (Å²) in [6.07, 6.45) is 1.79. The average Bonchev–Trinajstić information content (AvgIpc) is 3.24. The highest BCUT2D eigenvalue weighted by atomic mass is 35.5. The van der Waals surface area contributed by atoms with Crippen molar-refractivity contribution in [2.45, 2.75) is 13.5 Å². The van der Waals surface area contributed by atoms with Crippen molar-refractivity contribution in [1.29, 1.82) is 0 Å². The van der Waals surface area contributed by atoms with Crippen LogP contribution in [-0.4, -0.2) is 24.8 Å². The number of aromatic nitrogens is 5. The molecule has 0 aliphatic heterocycles. The molecule has 4 aromatic rings. The van der Waals surface area contributed by atoms with E-state index in [1.165, 1.54) is 22.7 Å². The van der Waals surface area contributed by atoms with Gasteiger partial charge in [0.05, 0.1) is 6.54 Å². The van der Waals surface area contributed by atoms with Gasteiger partial charge in [0.15, 0.2) is 10.3 Å². The predicted molar refractivity (Wildman–Crippen MR) is 93.3 cm³/mol. The third-order valence-corrected chi connectivity index (χ3v) is 5.31. The largest absolute Gasteiger partial charge is 0.380 e. The van der Waals surface area contributed by atoms with Crippen LogP contribution in [0.25, 0.3) is 15.5 Å². The fourth-order valence-corrected chi connectivity index (χ4v) is 3.95. The normalized spacial score (nSPS) is 11.2. The van der Waals surface area contributed by atoms with Gasteiger partial charge in [0, 0.05) is 22.3 Å². The third kappa shape index (κ3) is 2.92. The first-order valence-corrected chi connectivity index (χ1v) is 8.83. The van der Waals surface area contributed by atoms with Gasteiger partial charge >= 0.3 is 0 Å². The fourth-order valence-electron chi connectivity index (χ4n) is 2.15. The van der Waals surface area contributed by atoms with Crippen molar-refractivity contribution < 1.29 is 0 Å². The van der Waals surface area contributed by atoms with Gasteiger partial charge in [0.2, 0.25) is 4.96 Å². The number of hydrogen-bond donors (Lipinski definition) is 1. The third-order valence-electron chi connectivity index (χ3n) is 3.25. The molecule has 1 aromatic carbocycles. The lowest BCUT2D eigenvalue weighted by molar-refractivity contribution is 0.898. The molecule has 23 heavy (non-hydrogen) atoms. The second kappa shape index (κ2) is 5.88. The van der Waals surface area contributed by atoms with E-state index in [-0.39, 0.29) is 0 Å². The Morgan fingerprint density at radius 1 is 1.26 bits per heavy atom. The number of nitrogens with zero attached hydrogens (tertiary/aromatic N) is 5. The van der Waals surface area contributed by atoms with Crippen LogP contribution in [0.1, 0.15) is 10.7 Å². The molecule has 0 fully saturated rings. The maximum Gasteiger partial charge on any atom is 0.234 e. The summed E-state index contributed by atoms with van der Waals surface area (Å²) in [6.45, 7) is 2.58. The van der Waals surface area contributed by atoms with E-state index in [2.05, 4.69) is 31.7 Å². The summed E-state index contributed by atoms with van der Waals surface area (Å²) < 4.78 is 2.32. The van der Waals surface area contributed by atoms with Crippen molar-refractivity contribution in [3.63, 3.8) is 0 Å². The predicted octanol–water partition coefficient (Wildman–Crippen LogP) is 3.88. The zero-order valence-corrected chi connectivity index (χ0v) is 14.4. The van der Waals surface area contributed by atoms with Gasteiger partial charge in [-0.15, -0.1) is 21.5 Å². The number of thiazole rings is 1. The van der Waals surface area contributed by atoms with Crippen molar-refractivity contribution in [2.75, 3.05) is 5.32 Å². The van der Waals surface area contributed by atoms with E-state index < -0.39 is 0 Å². The molecule has 3 aromatic heterocycles. The maximum atomic E-state index is 5.85. The highest BCUT2D eigenvalue weighted by molar-refractivity contribution is 7.19. The number of fused-ring (bicyclic) bond motifs is 1. The molecule has 0 unspecified atom stereocenters. The van der Waals surface area contributed by atoms with Gasteiger partial charge in [-0.1, -0.05) is 35.1 Å². The molecule has 0 radical (unpaired) electrons. The van der Waals surface area contributed by atoms with Crippen LogP contribution in [0.5, 0.6) is 0 Å². The van der Waals surface area contributed by atoms with Crippen molar-refractivity contribution in [3.05, 3.63) is 45.6 Å². The number of nitrogens with one attached hydrogen (secondary N) is 1. The Morgan fingerprint density at radius 2 is 2.17 bits per heavy atom. The maximum absolute atomic E-state index is 5.85. The summed E-state index contributed by atoms with van der Waals surface area (Å²) in [6, 6.07) is 8.14. The minimum absolute atomic E-state index is 0.561. The smallest absolute Gasteiger partial charge is 0.234 e. The van der Waals surface area contributed by atoms with Crippen molar-refractivity contribution in [2.24, 2.45) is 0 Å². The minimum atomic E-state index is 0.561. The molecule has 0 saturated carbocycles. The number of anilines is 1. The number of aryl methyl sites for hydroxylation is 1. The summed E-state index contributed by atoms with van der Waals surface area (Å²) >= 11 is 8.85. The zero-order chi connectivity index (χ0) is 15.8. The van der Waals surface area contributed by atoms with E-state index in [1.54, 1.807) is 10.7 Å². The number of halogens is 1. The van der Waals surface area contributed by atoms with Crippen molar-refractivity contribution >= 4 is 44.9 Å². The topological polar surface area (TPSA) is 68.0 Å². The van der Waals surface area contributed by atoms with Gasteiger partial charge in [-0.2, -0.15) is 9.61 Å². The first kappa shape index (κ1) is 14.6. The molecular formula is C14H11ClN6S2. The molecule has 3 heterocycles. The monoisotopic (exact) mass is 362 g/mol. The molecule has 1 N–H and O–H groups in total. The first-order chi connectivity index (χ1) is 11.2. The average molecular weight is 363 g/mol. The summed E-state index contributed by atoms with van der Waals surface area (Å²) in [5, 5.41) is 17.0. The van der Waals surface area contributed by atoms with Crippen LogP contribution in [0.3, 0.4) is 0 Å². The van der Waals surface area contributed by atoms with Crippen LogP contribution in [-0.2, 0) is 6.54 Å². The lowest BCUT2D eigenvalue weighted by atomic mass is 10.2. The number of benzene rings is 1. The highest BCUT2D eigenvalue weighted by Gasteiger charge is 2.10. The lowest BCUT2D eigenvalue weighted by Gasteiger charge is -2.05. The van der Waals surface area contributed by atoms with Crippen LogP contribution in [0.2, 0.25) is 4.47 Å². The molecule has 4 rings (SSSR count). The number of rotatable bonds is 4. The van der Waals surface area contributed by atoms with Crippen LogP contribution in [0.4, 0.5) is 5.69 Å². The highest BCUT2D eigenvalue weighted by Crippen LogP contribution is 2.27. The molecule has 0 aliphatic carbocycles. The van der Waals surface area contributed by atoms with Gasteiger partial charge < -0.3 is 5.32 Å². The lowest BCUT2D eigenvalue weighted by Crippen LogP contribution is -1.97. The SMILES string of the molecule is Cc1nnc2sc(-c3cccc(NCc4cnc(Cl)s4)c3)nn12. The number of hydrogen-bond acceptors (Lipinski definition) is 7. The molecular weight excluding hydrogens is 352 g/mol. The van der Waals surface area contributed by atoms with E-state index in [9.17, 15) is 0 Å². The molecule has 116 valence electrons. The summed E-state index contributed by atoms with van der Waals surface area (Å²) in [5.41, 5.74) is 2.07. The van der Waals surface area contributed by atoms with Crippen molar-refractivity contribution in [1.82, 2.24) is 24.8 Å². The van der Waals surface area contributed by atoms with Gasteiger partial charge in [-0.05, 0) is 19.1 Å². The Balaban J connectivity index is 1.57. The molecule has 0 saturated heterocycles. The minimum Gasteiger partial charge on any atom is -0.380 e. The van der Waals surface area contributed by atoms with Gasteiger partial charge in [-0.25, -0.2) is 4.98 Å². The van der Waals surface area contributed by atoms with Crippen LogP contribution in [0.15, 0.2) is 30.5 Å². The Bertz CT molecular complexity index is 973. The molecule has 9 heteroatoms. The molecule has 6 nitrogen and oxygen atoms in total. The fraction of sp³-hybridized carbons (Fsp3) is 0.143. The molecule has 0 spiro atoms. The van der Waals surface area contributed by atoms with Crippen LogP contribution >= 0.6 is 34.3 Å². The van der Waals surface area contributed by atoms with E-state index in [4.69, 9.17) is 11.6 Å². The Labute approximate surface area is 144 Å². The van der Waals surface area contributed by atoms with Gasteiger partial charge in [-0.3, -0.25) is 0 Å².